The summed E-state index contributed by atoms with van der Waals surface area (Å²) in [4.78, 5) is 55.8. The summed E-state index contributed by atoms with van der Waals surface area (Å²) >= 11 is 0. The highest BCUT2D eigenvalue weighted by molar-refractivity contribution is 6.06. The van der Waals surface area contributed by atoms with Gasteiger partial charge in [-0.15, -0.1) is 0 Å². The summed E-state index contributed by atoms with van der Waals surface area (Å²) in [6.45, 7) is 3.83. The van der Waals surface area contributed by atoms with Crippen molar-refractivity contribution in [1.82, 2.24) is 15.2 Å². The van der Waals surface area contributed by atoms with Gasteiger partial charge in [-0.05, 0) is 56.4 Å². The first-order chi connectivity index (χ1) is 18.5. The molecule has 1 aromatic heterocycles. The molecule has 5 N–H and O–H groups in total. The number of rotatable bonds is 6. The molecule has 3 aromatic rings. The van der Waals surface area contributed by atoms with Crippen LogP contribution in [0.4, 0.5) is 11.4 Å². The molecule has 2 aliphatic heterocycles. The molecule has 1 fully saturated rings. The fraction of sp³-hybridized carbons (Fsp3) is 0.393. The number of nitro groups is 1. The lowest BCUT2D eigenvalue weighted by Gasteiger charge is -2.30. The second-order valence-corrected chi connectivity index (χ2v) is 11.0. The van der Waals surface area contributed by atoms with E-state index in [1.807, 2.05) is 30.5 Å². The van der Waals surface area contributed by atoms with E-state index in [4.69, 9.17) is 5.73 Å². The molecule has 2 aliphatic rings. The Morgan fingerprint density at radius 1 is 1.21 bits per heavy atom. The molecule has 0 aliphatic carbocycles. The lowest BCUT2D eigenvalue weighted by molar-refractivity contribution is -0.384. The molecule has 204 valence electrons. The van der Waals surface area contributed by atoms with Gasteiger partial charge < -0.3 is 26.3 Å². The summed E-state index contributed by atoms with van der Waals surface area (Å²) in [7, 11) is 0. The van der Waals surface area contributed by atoms with Crippen LogP contribution in [0.5, 0.6) is 0 Å². The van der Waals surface area contributed by atoms with E-state index in [-0.39, 0.29) is 30.5 Å². The third-order valence-electron chi connectivity index (χ3n) is 7.85. The Hall–Kier alpha value is -4.25. The Balaban J connectivity index is 1.41. The lowest BCUT2D eigenvalue weighted by Crippen LogP contribution is -2.57. The molecule has 0 unspecified atom stereocenters. The van der Waals surface area contributed by atoms with Crippen LogP contribution in [0, 0.1) is 10.1 Å². The van der Waals surface area contributed by atoms with E-state index in [9.17, 15) is 24.5 Å². The third kappa shape index (κ3) is 4.85. The Bertz CT molecular complexity index is 1470. The number of anilines is 1. The topological polar surface area (TPSA) is 163 Å². The van der Waals surface area contributed by atoms with Gasteiger partial charge in [0.05, 0.1) is 15.9 Å². The Kier molecular flexibility index (Phi) is 6.63. The number of amides is 3. The number of benzene rings is 2. The van der Waals surface area contributed by atoms with Crippen LogP contribution < -0.4 is 16.4 Å². The Morgan fingerprint density at radius 3 is 2.72 bits per heavy atom. The van der Waals surface area contributed by atoms with Crippen LogP contribution in [0.3, 0.4) is 0 Å². The van der Waals surface area contributed by atoms with Gasteiger partial charge in [-0.3, -0.25) is 24.5 Å². The average molecular weight is 533 g/mol. The van der Waals surface area contributed by atoms with Gasteiger partial charge in [0, 0.05) is 54.4 Å². The smallest absolute Gasteiger partial charge is 0.269 e. The number of fused-ring (bicyclic) bond motifs is 3. The number of nitrogens with one attached hydrogen (secondary N) is 3. The molecule has 1 spiro atoms. The van der Waals surface area contributed by atoms with Crippen molar-refractivity contribution in [2.24, 2.45) is 5.73 Å². The molecule has 11 nitrogen and oxygen atoms in total. The molecule has 0 bridgehead atoms. The Morgan fingerprint density at radius 2 is 1.97 bits per heavy atom. The minimum Gasteiger partial charge on any atom is -0.361 e. The number of hydrogen-bond acceptors (Lipinski definition) is 6. The minimum atomic E-state index is -1.18. The number of nitro benzene ring substituents is 1. The maximum Gasteiger partial charge on any atom is 0.269 e. The van der Waals surface area contributed by atoms with E-state index >= 15 is 0 Å². The van der Waals surface area contributed by atoms with Gasteiger partial charge in [-0.25, -0.2) is 0 Å². The summed E-state index contributed by atoms with van der Waals surface area (Å²) in [5, 5.41) is 18.1. The van der Waals surface area contributed by atoms with Crippen LogP contribution in [0.15, 0.2) is 48.7 Å². The van der Waals surface area contributed by atoms with Crippen molar-refractivity contribution < 1.29 is 19.3 Å². The number of aromatic nitrogens is 1. The molecule has 0 saturated carbocycles. The van der Waals surface area contributed by atoms with Gasteiger partial charge in [0.2, 0.25) is 17.7 Å². The largest absolute Gasteiger partial charge is 0.361 e. The number of carbonyl (C=O) groups is 3. The number of hydrogen-bond donors (Lipinski definition) is 4. The molecule has 2 aromatic carbocycles. The zero-order valence-electron chi connectivity index (χ0n) is 22.0. The van der Waals surface area contributed by atoms with Crippen LogP contribution in [-0.2, 0) is 26.2 Å². The van der Waals surface area contributed by atoms with Crippen molar-refractivity contribution in [2.45, 2.75) is 56.5 Å². The van der Waals surface area contributed by atoms with Crippen molar-refractivity contribution in [3.05, 3.63) is 69.9 Å². The van der Waals surface area contributed by atoms with Gasteiger partial charge in [-0.2, -0.15) is 0 Å². The van der Waals surface area contributed by atoms with E-state index in [2.05, 4.69) is 15.6 Å². The summed E-state index contributed by atoms with van der Waals surface area (Å²) in [6.07, 6.45) is 3.40. The molecule has 5 rings (SSSR count). The van der Waals surface area contributed by atoms with E-state index in [1.54, 1.807) is 24.8 Å². The van der Waals surface area contributed by atoms with Crippen LogP contribution in [-0.4, -0.2) is 57.2 Å². The molecule has 1 saturated heterocycles. The number of nitrogens with zero attached hydrogens (tertiary/aromatic N) is 2. The summed E-state index contributed by atoms with van der Waals surface area (Å²) in [5.41, 5.74) is 6.82. The molecular formula is C28H32N6O5. The number of non-ortho nitro benzene ring substituents is 1. The molecule has 11 heteroatoms. The zero-order chi connectivity index (χ0) is 27.9. The first kappa shape index (κ1) is 26.4. The van der Waals surface area contributed by atoms with Gasteiger partial charge in [0.25, 0.3) is 5.69 Å². The molecular weight excluding hydrogens is 500 g/mol. The van der Waals surface area contributed by atoms with E-state index in [0.29, 0.717) is 37.1 Å². The molecule has 3 amide bonds. The van der Waals surface area contributed by atoms with Crippen molar-refractivity contribution in [2.75, 3.05) is 18.4 Å². The van der Waals surface area contributed by atoms with E-state index in [0.717, 1.165) is 16.5 Å². The van der Waals surface area contributed by atoms with Crippen LogP contribution in [0.2, 0.25) is 0 Å². The predicted molar refractivity (Wildman–Crippen MR) is 146 cm³/mol. The number of nitrogens with two attached hydrogens (primary N) is 1. The van der Waals surface area contributed by atoms with E-state index in [1.165, 1.54) is 12.1 Å². The van der Waals surface area contributed by atoms with Crippen molar-refractivity contribution in [3.8, 4) is 0 Å². The van der Waals surface area contributed by atoms with Crippen LogP contribution in [0.25, 0.3) is 10.9 Å². The van der Waals surface area contributed by atoms with Gasteiger partial charge >= 0.3 is 0 Å². The quantitative estimate of drug-likeness (QED) is 0.282. The highest BCUT2D eigenvalue weighted by atomic mass is 16.6. The van der Waals surface area contributed by atoms with E-state index < -0.39 is 27.8 Å². The van der Waals surface area contributed by atoms with Crippen molar-refractivity contribution in [1.29, 1.82) is 0 Å². The zero-order valence-corrected chi connectivity index (χ0v) is 22.0. The summed E-state index contributed by atoms with van der Waals surface area (Å²) < 4.78 is 0. The first-order valence-corrected chi connectivity index (χ1v) is 13.0. The predicted octanol–water partition coefficient (Wildman–Crippen LogP) is 2.74. The highest BCUT2D eigenvalue weighted by Gasteiger charge is 2.48. The fourth-order valence-electron chi connectivity index (χ4n) is 5.65. The van der Waals surface area contributed by atoms with Crippen molar-refractivity contribution >= 4 is 40.0 Å². The average Bonchev–Trinajstić information content (AvgIpc) is 3.31. The maximum atomic E-state index is 13.9. The SMILES string of the molecule is CC(C)(N)C(=O)N[C@@H](Cc1c[nH]c2ccccc12)C(=O)N1CCC[C@]2(CC1)C(=O)Nc1ccc([N+](=O)[O-])cc12. The number of H-pyrrole nitrogens is 1. The summed E-state index contributed by atoms with van der Waals surface area (Å²) in [5.74, 6) is -0.906. The molecule has 3 heterocycles. The van der Waals surface area contributed by atoms with Gasteiger partial charge in [0.1, 0.15) is 6.04 Å². The lowest BCUT2D eigenvalue weighted by atomic mass is 9.75. The van der Waals surface area contributed by atoms with Gasteiger partial charge in [0.15, 0.2) is 0 Å². The number of likely N-dealkylation sites (tertiary alicyclic amines) is 1. The number of para-hydroxylation sites is 1. The summed E-state index contributed by atoms with van der Waals surface area (Å²) in [6, 6.07) is 11.3. The third-order valence-corrected chi connectivity index (χ3v) is 7.85. The normalized spacial score (nSPS) is 19.9. The molecule has 0 radical (unpaired) electrons. The second-order valence-electron chi connectivity index (χ2n) is 11.0. The maximum absolute atomic E-state index is 13.9. The molecule has 39 heavy (non-hydrogen) atoms. The first-order valence-electron chi connectivity index (χ1n) is 13.0. The number of aromatic amines is 1. The number of carbonyl (C=O) groups excluding carboxylic acids is 3. The second kappa shape index (κ2) is 9.81. The fourth-order valence-corrected chi connectivity index (χ4v) is 5.65. The van der Waals surface area contributed by atoms with Crippen LogP contribution >= 0.6 is 0 Å². The standard InChI is InChI=1S/C28H32N6O5/c1-27(2,29)25(36)32-23(14-17-16-30-21-7-4-3-6-19(17)21)24(35)33-12-5-10-28(11-13-33)20-15-18(34(38)39)8-9-22(20)31-26(28)37/h3-4,6-9,15-16,23,30H,5,10-14,29H2,1-2H3,(H,31,37)(H,32,36)/t23-,28+/m0/s1. The molecule has 2 atom stereocenters. The highest BCUT2D eigenvalue weighted by Crippen LogP contribution is 2.46. The van der Waals surface area contributed by atoms with Crippen molar-refractivity contribution in [3.63, 3.8) is 0 Å². The van der Waals surface area contributed by atoms with Gasteiger partial charge in [-0.1, -0.05) is 18.2 Å². The minimum absolute atomic E-state index is 0.0762. The monoisotopic (exact) mass is 532 g/mol. The van der Waals surface area contributed by atoms with Crippen LogP contribution in [0.1, 0.15) is 44.2 Å². The Labute approximate surface area is 225 Å².